The van der Waals surface area contributed by atoms with Gasteiger partial charge in [-0.2, -0.15) is 4.31 Å². The fraction of sp³-hybridized carbons (Fsp3) is 0.278. The highest BCUT2D eigenvalue weighted by Crippen LogP contribution is 2.32. The highest BCUT2D eigenvalue weighted by atomic mass is 32.2. The molecule has 2 aromatic heterocycles. The van der Waals surface area contributed by atoms with Crippen LogP contribution in [0.5, 0.6) is 0 Å². The third-order valence-electron chi connectivity index (χ3n) is 4.31. The molecule has 24 heavy (non-hydrogen) atoms. The van der Waals surface area contributed by atoms with E-state index in [4.69, 9.17) is 0 Å². The van der Waals surface area contributed by atoms with Crippen LogP contribution in [0.15, 0.2) is 60.9 Å². The highest BCUT2D eigenvalue weighted by molar-refractivity contribution is 7.88. The molecule has 0 radical (unpaired) electrons. The minimum Gasteiger partial charge on any atom is -0.303 e. The van der Waals surface area contributed by atoms with Gasteiger partial charge in [-0.1, -0.05) is 36.4 Å². The first-order valence-corrected chi connectivity index (χ1v) is 9.69. The number of rotatable bonds is 6. The molecular weight excluding hydrogens is 322 g/mol. The van der Waals surface area contributed by atoms with Crippen molar-refractivity contribution in [2.24, 2.45) is 0 Å². The smallest absolute Gasteiger partial charge is 0.218 e. The van der Waals surface area contributed by atoms with Gasteiger partial charge in [0, 0.05) is 12.2 Å². The maximum absolute atomic E-state index is 12.9. The largest absolute Gasteiger partial charge is 0.303 e. The molecule has 6 heteroatoms. The molecule has 0 amide bonds. The van der Waals surface area contributed by atoms with Gasteiger partial charge in [0.05, 0.1) is 24.2 Å². The third kappa shape index (κ3) is 3.07. The van der Waals surface area contributed by atoms with Crippen molar-refractivity contribution in [3.8, 4) is 0 Å². The summed E-state index contributed by atoms with van der Waals surface area (Å²) in [6.45, 7) is 0.366. The van der Waals surface area contributed by atoms with Crippen molar-refractivity contribution in [2.45, 2.75) is 31.2 Å². The molecule has 1 aromatic carbocycles. The Bertz CT molecular complexity index is 947. The van der Waals surface area contributed by atoms with E-state index in [1.54, 1.807) is 10.5 Å². The second-order valence-electron chi connectivity index (χ2n) is 6.20. The lowest BCUT2D eigenvalue weighted by Gasteiger charge is -2.21. The van der Waals surface area contributed by atoms with Crippen molar-refractivity contribution in [3.63, 3.8) is 0 Å². The molecule has 124 valence electrons. The number of nitrogens with zero attached hydrogens (tertiary/aromatic N) is 3. The molecular formula is C18H19N3O2S. The lowest BCUT2D eigenvalue weighted by Crippen LogP contribution is -2.34. The van der Waals surface area contributed by atoms with Gasteiger partial charge >= 0.3 is 0 Å². The fourth-order valence-corrected chi connectivity index (χ4v) is 4.72. The van der Waals surface area contributed by atoms with Gasteiger partial charge in [-0.15, -0.1) is 0 Å². The van der Waals surface area contributed by atoms with Crippen LogP contribution in [0, 0.1) is 0 Å². The van der Waals surface area contributed by atoms with Crippen molar-refractivity contribution in [1.82, 2.24) is 13.7 Å². The van der Waals surface area contributed by atoms with Gasteiger partial charge in [0.2, 0.25) is 10.0 Å². The molecule has 0 aliphatic heterocycles. The van der Waals surface area contributed by atoms with Crippen molar-refractivity contribution < 1.29 is 8.42 Å². The van der Waals surface area contributed by atoms with Crippen LogP contribution in [0.1, 0.15) is 24.1 Å². The second kappa shape index (κ2) is 6.03. The Labute approximate surface area is 141 Å². The van der Waals surface area contributed by atoms with Crippen LogP contribution in [0.3, 0.4) is 0 Å². The fourth-order valence-electron chi connectivity index (χ4n) is 2.95. The van der Waals surface area contributed by atoms with Crippen LogP contribution in [0.25, 0.3) is 5.65 Å². The second-order valence-corrected chi connectivity index (χ2v) is 8.12. The molecule has 0 bridgehead atoms. The van der Waals surface area contributed by atoms with Crippen LogP contribution < -0.4 is 0 Å². The Morgan fingerprint density at radius 1 is 1.08 bits per heavy atom. The molecule has 4 rings (SSSR count). The van der Waals surface area contributed by atoms with Crippen LogP contribution in [0.2, 0.25) is 0 Å². The van der Waals surface area contributed by atoms with Gasteiger partial charge in [0.1, 0.15) is 5.65 Å². The van der Waals surface area contributed by atoms with E-state index in [-0.39, 0.29) is 11.8 Å². The Kier molecular flexibility index (Phi) is 3.86. The molecule has 0 N–H and O–H groups in total. The summed E-state index contributed by atoms with van der Waals surface area (Å²) in [6, 6.07) is 15.3. The Balaban J connectivity index is 1.62. The average molecular weight is 341 g/mol. The van der Waals surface area contributed by atoms with Gasteiger partial charge in [0.25, 0.3) is 0 Å². The van der Waals surface area contributed by atoms with E-state index in [0.29, 0.717) is 6.54 Å². The standard InChI is InChI=1S/C18H19N3O2S/c22-24(23,14-15-6-2-1-3-7-15)21(16-9-10-16)13-17-12-19-18-8-4-5-11-20(17)18/h1-8,11-12,16H,9-10,13-14H2. The zero-order chi connectivity index (χ0) is 16.6. The van der Waals surface area contributed by atoms with Gasteiger partial charge in [-0.05, 0) is 30.5 Å². The minimum atomic E-state index is -3.36. The molecule has 0 saturated heterocycles. The maximum atomic E-state index is 12.9. The first-order valence-electron chi connectivity index (χ1n) is 8.08. The maximum Gasteiger partial charge on any atom is 0.218 e. The molecule has 1 saturated carbocycles. The number of fused-ring (bicyclic) bond motifs is 1. The number of benzene rings is 1. The van der Waals surface area contributed by atoms with Crippen LogP contribution >= 0.6 is 0 Å². The van der Waals surface area contributed by atoms with Crippen molar-refractivity contribution in [3.05, 3.63) is 72.2 Å². The van der Waals surface area contributed by atoms with Crippen LogP contribution in [-0.2, 0) is 22.3 Å². The van der Waals surface area contributed by atoms with Crippen LogP contribution in [0.4, 0.5) is 0 Å². The number of aromatic nitrogens is 2. The van der Waals surface area contributed by atoms with Crippen molar-refractivity contribution in [1.29, 1.82) is 0 Å². The SMILES string of the molecule is O=S(=O)(Cc1ccccc1)N(Cc1cnc2ccccn12)C1CC1. The predicted molar refractivity (Wildman–Crippen MR) is 92.8 cm³/mol. The zero-order valence-electron chi connectivity index (χ0n) is 13.2. The quantitative estimate of drug-likeness (QED) is 0.693. The van der Waals surface area contributed by atoms with Crippen molar-refractivity contribution in [2.75, 3.05) is 0 Å². The lowest BCUT2D eigenvalue weighted by atomic mass is 10.2. The van der Waals surface area contributed by atoms with E-state index < -0.39 is 10.0 Å². The first kappa shape index (κ1) is 15.4. The first-order chi connectivity index (χ1) is 11.6. The average Bonchev–Trinajstić information content (AvgIpc) is 3.33. The molecule has 1 aliphatic rings. The molecule has 1 fully saturated rings. The topological polar surface area (TPSA) is 54.7 Å². The zero-order valence-corrected chi connectivity index (χ0v) is 14.1. The molecule has 0 unspecified atom stereocenters. The lowest BCUT2D eigenvalue weighted by molar-refractivity contribution is 0.393. The van der Waals surface area contributed by atoms with E-state index in [0.717, 1.165) is 29.7 Å². The molecule has 1 aliphatic carbocycles. The Morgan fingerprint density at radius 2 is 1.83 bits per heavy atom. The number of hydrogen-bond acceptors (Lipinski definition) is 3. The molecule has 0 atom stereocenters. The molecule has 5 nitrogen and oxygen atoms in total. The summed E-state index contributed by atoms with van der Waals surface area (Å²) >= 11 is 0. The van der Waals surface area contributed by atoms with Gasteiger partial charge in [-0.25, -0.2) is 13.4 Å². The normalized spacial score (nSPS) is 15.2. The van der Waals surface area contributed by atoms with Gasteiger partial charge in [-0.3, -0.25) is 0 Å². The van der Waals surface area contributed by atoms with E-state index in [1.165, 1.54) is 0 Å². The molecule has 3 aromatic rings. The van der Waals surface area contributed by atoms with E-state index >= 15 is 0 Å². The van der Waals surface area contributed by atoms with E-state index in [9.17, 15) is 8.42 Å². The summed E-state index contributed by atoms with van der Waals surface area (Å²) in [5, 5.41) is 0. The third-order valence-corrected chi connectivity index (χ3v) is 6.15. The summed E-state index contributed by atoms with van der Waals surface area (Å²) in [5.41, 5.74) is 2.55. The van der Waals surface area contributed by atoms with E-state index in [1.807, 2.05) is 59.1 Å². The van der Waals surface area contributed by atoms with Gasteiger partial charge in [0.15, 0.2) is 0 Å². The number of hydrogen-bond donors (Lipinski definition) is 0. The number of pyridine rings is 1. The van der Waals surface area contributed by atoms with E-state index in [2.05, 4.69) is 4.98 Å². The number of imidazole rings is 1. The van der Waals surface area contributed by atoms with Gasteiger partial charge < -0.3 is 4.40 Å². The van der Waals surface area contributed by atoms with Crippen molar-refractivity contribution >= 4 is 15.7 Å². The predicted octanol–water partition coefficient (Wildman–Crippen LogP) is 2.83. The summed E-state index contributed by atoms with van der Waals surface area (Å²) < 4.78 is 29.5. The highest BCUT2D eigenvalue weighted by Gasteiger charge is 2.37. The van der Waals surface area contributed by atoms with Crippen LogP contribution in [-0.4, -0.2) is 28.1 Å². The Morgan fingerprint density at radius 3 is 2.58 bits per heavy atom. The summed E-state index contributed by atoms with van der Waals surface area (Å²) in [6.07, 6.45) is 5.56. The summed E-state index contributed by atoms with van der Waals surface area (Å²) in [7, 11) is -3.36. The Hall–Kier alpha value is -2.18. The molecule has 0 spiro atoms. The minimum absolute atomic E-state index is 0.0427. The molecule has 2 heterocycles. The monoisotopic (exact) mass is 341 g/mol. The number of sulfonamides is 1. The summed E-state index contributed by atoms with van der Waals surface area (Å²) in [4.78, 5) is 4.36. The summed E-state index contributed by atoms with van der Waals surface area (Å²) in [5.74, 6) is 0.0427.